The van der Waals surface area contributed by atoms with Crippen LogP contribution in [0.2, 0.25) is 0 Å². The predicted molar refractivity (Wildman–Crippen MR) is 81.6 cm³/mol. The highest BCUT2D eigenvalue weighted by Gasteiger charge is 2.29. The van der Waals surface area contributed by atoms with E-state index in [1.807, 2.05) is 21.0 Å². The van der Waals surface area contributed by atoms with Gasteiger partial charge in [0, 0.05) is 31.4 Å². The van der Waals surface area contributed by atoms with E-state index in [1.165, 1.54) is 19.0 Å². The van der Waals surface area contributed by atoms with E-state index in [1.54, 1.807) is 10.9 Å². The number of hydrogen-bond acceptors (Lipinski definition) is 5. The second kappa shape index (κ2) is 6.87. The summed E-state index contributed by atoms with van der Waals surface area (Å²) in [6.45, 7) is 3.85. The Bertz CT molecular complexity index is 553. The van der Waals surface area contributed by atoms with E-state index in [9.17, 15) is 8.42 Å². The molecular weight excluding hydrogens is 290 g/mol. The molecule has 0 bridgehead atoms. The van der Waals surface area contributed by atoms with Crippen molar-refractivity contribution >= 4 is 10.0 Å². The first-order chi connectivity index (χ1) is 9.94. The van der Waals surface area contributed by atoms with Crippen LogP contribution >= 0.6 is 0 Å². The van der Waals surface area contributed by atoms with Gasteiger partial charge >= 0.3 is 0 Å². The molecule has 7 nitrogen and oxygen atoms in total. The van der Waals surface area contributed by atoms with E-state index >= 15 is 0 Å². The molecule has 1 fully saturated rings. The topological polar surface area (TPSA) is 79.3 Å². The van der Waals surface area contributed by atoms with E-state index in [0.29, 0.717) is 19.1 Å². The van der Waals surface area contributed by atoms with E-state index in [0.717, 1.165) is 6.54 Å². The highest BCUT2D eigenvalue weighted by atomic mass is 32.2. The minimum absolute atomic E-state index is 0.187. The maximum Gasteiger partial charge on any atom is 0.243 e. The molecule has 1 saturated carbocycles. The SMILES string of the molecule is CNCCn1cc(S(=O)(=O)NCC(C)N(C)C2CC2)cn1. The number of sulfonamides is 1. The molecule has 1 aromatic rings. The maximum absolute atomic E-state index is 12.2. The van der Waals surface area contributed by atoms with Crippen molar-refractivity contribution in [3.8, 4) is 0 Å². The molecule has 8 heteroatoms. The molecule has 2 rings (SSSR count). The highest BCUT2D eigenvalue weighted by Crippen LogP contribution is 2.26. The molecule has 2 N–H and O–H groups in total. The Morgan fingerprint density at radius 1 is 1.52 bits per heavy atom. The number of nitrogens with zero attached hydrogens (tertiary/aromatic N) is 3. The van der Waals surface area contributed by atoms with Crippen LogP contribution in [0, 0.1) is 0 Å². The van der Waals surface area contributed by atoms with Crippen molar-refractivity contribution in [2.45, 2.75) is 43.3 Å². The van der Waals surface area contributed by atoms with Crippen LogP contribution in [-0.4, -0.2) is 62.4 Å². The number of rotatable bonds is 9. The molecule has 1 aromatic heterocycles. The standard InChI is InChI=1S/C13H25N5O2S/c1-11(17(3)12-4-5-12)8-16-21(19,20)13-9-15-18(10-13)7-6-14-2/h9-12,14,16H,4-8H2,1-3H3. The molecule has 0 aliphatic heterocycles. The number of aromatic nitrogens is 2. The lowest BCUT2D eigenvalue weighted by Gasteiger charge is -2.24. The molecule has 1 aliphatic carbocycles. The minimum atomic E-state index is -3.48. The predicted octanol–water partition coefficient (Wildman–Crippen LogP) is -0.136. The minimum Gasteiger partial charge on any atom is -0.318 e. The van der Waals surface area contributed by atoms with Gasteiger partial charge in [0.25, 0.3) is 0 Å². The van der Waals surface area contributed by atoms with Gasteiger partial charge in [-0.15, -0.1) is 0 Å². The van der Waals surface area contributed by atoms with Gasteiger partial charge in [0.15, 0.2) is 0 Å². The first-order valence-corrected chi connectivity index (χ1v) is 8.81. The molecular formula is C13H25N5O2S. The van der Waals surface area contributed by atoms with E-state index in [-0.39, 0.29) is 10.9 Å². The summed E-state index contributed by atoms with van der Waals surface area (Å²) in [5.41, 5.74) is 0. The fourth-order valence-corrected chi connectivity index (χ4v) is 3.20. The van der Waals surface area contributed by atoms with Gasteiger partial charge in [-0.3, -0.25) is 9.58 Å². The summed E-state index contributed by atoms with van der Waals surface area (Å²) in [5, 5.41) is 7.07. The molecule has 0 spiro atoms. The molecule has 120 valence electrons. The molecule has 0 aromatic carbocycles. The summed E-state index contributed by atoms with van der Waals surface area (Å²) in [5.74, 6) is 0. The van der Waals surface area contributed by atoms with Crippen LogP contribution in [0.15, 0.2) is 17.3 Å². The Balaban J connectivity index is 1.89. The molecule has 1 heterocycles. The van der Waals surface area contributed by atoms with Crippen molar-refractivity contribution in [3.05, 3.63) is 12.4 Å². The van der Waals surface area contributed by atoms with E-state index in [4.69, 9.17) is 0 Å². The number of hydrogen-bond donors (Lipinski definition) is 2. The molecule has 1 unspecified atom stereocenters. The molecule has 1 aliphatic rings. The van der Waals surface area contributed by atoms with Crippen LogP contribution in [0.4, 0.5) is 0 Å². The van der Waals surface area contributed by atoms with Crippen molar-refractivity contribution in [2.24, 2.45) is 0 Å². The van der Waals surface area contributed by atoms with Gasteiger partial charge < -0.3 is 5.32 Å². The van der Waals surface area contributed by atoms with Gasteiger partial charge in [0.05, 0.1) is 12.7 Å². The van der Waals surface area contributed by atoms with Crippen molar-refractivity contribution in [2.75, 3.05) is 27.2 Å². The summed E-state index contributed by atoms with van der Waals surface area (Å²) >= 11 is 0. The normalized spacial score (nSPS) is 17.3. The number of nitrogens with one attached hydrogen (secondary N) is 2. The van der Waals surface area contributed by atoms with Crippen LogP contribution in [0.1, 0.15) is 19.8 Å². The van der Waals surface area contributed by atoms with Gasteiger partial charge in [-0.25, -0.2) is 13.1 Å². The zero-order valence-corrected chi connectivity index (χ0v) is 13.7. The zero-order chi connectivity index (χ0) is 15.5. The Kier molecular flexibility index (Phi) is 5.37. The summed E-state index contributed by atoms with van der Waals surface area (Å²) in [6.07, 6.45) is 5.39. The first-order valence-electron chi connectivity index (χ1n) is 7.32. The lowest BCUT2D eigenvalue weighted by atomic mass is 10.3. The van der Waals surface area contributed by atoms with Crippen LogP contribution in [-0.2, 0) is 16.6 Å². The second-order valence-electron chi connectivity index (χ2n) is 5.64. The smallest absolute Gasteiger partial charge is 0.243 e. The summed E-state index contributed by atoms with van der Waals surface area (Å²) < 4.78 is 28.8. The lowest BCUT2D eigenvalue weighted by molar-refractivity contribution is 0.248. The van der Waals surface area contributed by atoms with Crippen molar-refractivity contribution < 1.29 is 8.42 Å². The molecule has 0 saturated heterocycles. The molecule has 0 amide bonds. The molecule has 0 radical (unpaired) electrons. The Morgan fingerprint density at radius 3 is 2.86 bits per heavy atom. The van der Waals surface area contributed by atoms with Gasteiger partial charge in [-0.2, -0.15) is 5.10 Å². The fraction of sp³-hybridized carbons (Fsp3) is 0.769. The monoisotopic (exact) mass is 315 g/mol. The highest BCUT2D eigenvalue weighted by molar-refractivity contribution is 7.89. The molecule has 21 heavy (non-hydrogen) atoms. The fourth-order valence-electron chi connectivity index (χ4n) is 2.13. The maximum atomic E-state index is 12.2. The van der Waals surface area contributed by atoms with Crippen LogP contribution in [0.25, 0.3) is 0 Å². The summed E-state index contributed by atoms with van der Waals surface area (Å²) in [7, 11) is 0.417. The lowest BCUT2D eigenvalue weighted by Crippen LogP contribution is -2.41. The first kappa shape index (κ1) is 16.4. The van der Waals surface area contributed by atoms with Crippen LogP contribution < -0.4 is 10.0 Å². The van der Waals surface area contributed by atoms with Crippen LogP contribution in [0.5, 0.6) is 0 Å². The Morgan fingerprint density at radius 2 is 2.24 bits per heavy atom. The van der Waals surface area contributed by atoms with Gasteiger partial charge in [0.1, 0.15) is 4.90 Å². The third-order valence-corrected chi connectivity index (χ3v) is 5.28. The van der Waals surface area contributed by atoms with Gasteiger partial charge in [-0.05, 0) is 33.9 Å². The van der Waals surface area contributed by atoms with Crippen LogP contribution in [0.3, 0.4) is 0 Å². The third kappa shape index (κ3) is 4.50. The second-order valence-corrected chi connectivity index (χ2v) is 7.41. The molecule has 1 atom stereocenters. The largest absolute Gasteiger partial charge is 0.318 e. The van der Waals surface area contributed by atoms with E-state index < -0.39 is 10.0 Å². The summed E-state index contributed by atoms with van der Waals surface area (Å²) in [4.78, 5) is 2.46. The van der Waals surface area contributed by atoms with Crippen molar-refractivity contribution in [1.82, 2.24) is 24.7 Å². The third-order valence-electron chi connectivity index (χ3n) is 3.90. The van der Waals surface area contributed by atoms with Crippen molar-refractivity contribution in [1.29, 1.82) is 0 Å². The van der Waals surface area contributed by atoms with Crippen molar-refractivity contribution in [3.63, 3.8) is 0 Å². The Labute approximate surface area is 126 Å². The average Bonchev–Trinajstić information content (AvgIpc) is 3.19. The Hall–Kier alpha value is -0.960. The number of likely N-dealkylation sites (N-methyl/N-ethyl adjacent to an activating group) is 2. The zero-order valence-electron chi connectivity index (χ0n) is 12.9. The quantitative estimate of drug-likeness (QED) is 0.663. The van der Waals surface area contributed by atoms with E-state index in [2.05, 4.69) is 20.0 Å². The average molecular weight is 315 g/mol. The summed E-state index contributed by atoms with van der Waals surface area (Å²) in [6, 6.07) is 0.806. The van der Waals surface area contributed by atoms with Gasteiger partial charge in [0.2, 0.25) is 10.0 Å². The van der Waals surface area contributed by atoms with Gasteiger partial charge in [-0.1, -0.05) is 0 Å².